The minimum Gasteiger partial charge on any atom is -0.344 e. The number of benzene rings is 3. The Labute approximate surface area is 199 Å². The number of nitrogens with one attached hydrogen (secondary N) is 2. The Hall–Kier alpha value is -4.18. The van der Waals surface area contributed by atoms with E-state index in [9.17, 15) is 18.4 Å². The lowest BCUT2D eigenvalue weighted by Gasteiger charge is -2.17. The molecule has 3 N–H and O–H groups in total. The first-order chi connectivity index (χ1) is 16.8. The van der Waals surface area contributed by atoms with Crippen molar-refractivity contribution < 1.29 is 23.6 Å². The zero-order chi connectivity index (χ0) is 24.9. The highest BCUT2D eigenvalue weighted by Crippen LogP contribution is 2.23. The third-order valence-electron chi connectivity index (χ3n) is 5.71. The Bertz CT molecular complexity index is 1370. The van der Waals surface area contributed by atoms with Gasteiger partial charge in [0, 0.05) is 5.56 Å². The number of hydroxylamine groups is 1. The maximum Gasteiger partial charge on any atom is 0.251 e. The Morgan fingerprint density at radius 1 is 1.03 bits per heavy atom. The molecule has 1 heterocycles. The van der Waals surface area contributed by atoms with Crippen LogP contribution >= 0.6 is 0 Å². The highest BCUT2D eigenvalue weighted by atomic mass is 19.2. The molecule has 0 saturated carbocycles. The molecule has 0 saturated heterocycles. The Morgan fingerprint density at radius 2 is 1.80 bits per heavy atom. The molecule has 1 aromatic heterocycles. The van der Waals surface area contributed by atoms with Crippen LogP contribution in [0.4, 0.5) is 8.78 Å². The molecule has 0 aliphatic carbocycles. The molecular formula is C25H23F2N5O3. The molecule has 0 radical (unpaired) electrons. The van der Waals surface area contributed by atoms with E-state index in [1.807, 2.05) is 42.5 Å². The molecule has 8 nitrogen and oxygen atoms in total. The molecule has 2 atom stereocenters. The normalized spacial score (nSPS) is 12.8. The first-order valence-corrected chi connectivity index (χ1v) is 10.9. The van der Waals surface area contributed by atoms with Crippen LogP contribution in [0.3, 0.4) is 0 Å². The van der Waals surface area contributed by atoms with Gasteiger partial charge in [-0.3, -0.25) is 14.8 Å². The van der Waals surface area contributed by atoms with E-state index in [0.29, 0.717) is 12.1 Å². The molecule has 0 spiro atoms. The number of carbonyl (C=O) groups is 2. The van der Waals surface area contributed by atoms with E-state index in [2.05, 4.69) is 15.6 Å². The fourth-order valence-corrected chi connectivity index (χ4v) is 3.82. The van der Waals surface area contributed by atoms with Gasteiger partial charge in [0.2, 0.25) is 5.91 Å². The third-order valence-corrected chi connectivity index (χ3v) is 5.71. The number of hydrogen-bond acceptors (Lipinski definition) is 5. The van der Waals surface area contributed by atoms with Crippen molar-refractivity contribution in [3.63, 3.8) is 0 Å². The van der Waals surface area contributed by atoms with E-state index in [0.717, 1.165) is 28.5 Å². The number of aromatic nitrogens is 3. The molecule has 10 heteroatoms. The highest BCUT2D eigenvalue weighted by molar-refractivity contribution is 5.94. The van der Waals surface area contributed by atoms with Gasteiger partial charge in [0.15, 0.2) is 11.6 Å². The van der Waals surface area contributed by atoms with E-state index < -0.39 is 35.5 Å². The summed E-state index contributed by atoms with van der Waals surface area (Å²) in [6, 6.07) is 15.7. The number of halogens is 2. The van der Waals surface area contributed by atoms with Crippen molar-refractivity contribution in [1.29, 1.82) is 0 Å². The minimum atomic E-state index is -1.12. The van der Waals surface area contributed by atoms with Crippen molar-refractivity contribution in [3.05, 3.63) is 95.3 Å². The molecule has 0 aliphatic rings. The molecule has 35 heavy (non-hydrogen) atoms. The van der Waals surface area contributed by atoms with Crippen LogP contribution in [0.15, 0.2) is 66.9 Å². The summed E-state index contributed by atoms with van der Waals surface area (Å²) in [6.45, 7) is 1.67. The second kappa shape index (κ2) is 10.4. The van der Waals surface area contributed by atoms with Gasteiger partial charge in [0.25, 0.3) is 5.91 Å². The summed E-state index contributed by atoms with van der Waals surface area (Å²) in [7, 11) is 0. The van der Waals surface area contributed by atoms with Crippen molar-refractivity contribution in [2.45, 2.75) is 31.8 Å². The van der Waals surface area contributed by atoms with Crippen LogP contribution in [0.1, 0.15) is 47.0 Å². The summed E-state index contributed by atoms with van der Waals surface area (Å²) < 4.78 is 28.1. The van der Waals surface area contributed by atoms with Crippen molar-refractivity contribution in [3.8, 4) is 0 Å². The predicted octanol–water partition coefficient (Wildman–Crippen LogP) is 3.88. The molecule has 4 aromatic rings. The summed E-state index contributed by atoms with van der Waals surface area (Å²) in [5.74, 6) is -3.33. The summed E-state index contributed by atoms with van der Waals surface area (Å²) in [5, 5.41) is 22.1. The highest BCUT2D eigenvalue weighted by Gasteiger charge is 2.21. The average Bonchev–Trinajstić information content (AvgIpc) is 3.35. The van der Waals surface area contributed by atoms with E-state index >= 15 is 0 Å². The summed E-state index contributed by atoms with van der Waals surface area (Å²) in [6.07, 6.45) is 1.99. The largest absolute Gasteiger partial charge is 0.344 e. The minimum absolute atomic E-state index is 0.0306. The zero-order valence-electron chi connectivity index (χ0n) is 18.8. The smallest absolute Gasteiger partial charge is 0.251 e. The van der Waals surface area contributed by atoms with Gasteiger partial charge in [-0.1, -0.05) is 47.7 Å². The van der Waals surface area contributed by atoms with Gasteiger partial charge in [-0.15, -0.1) is 5.10 Å². The lowest BCUT2D eigenvalue weighted by molar-refractivity contribution is -0.130. The molecule has 2 unspecified atom stereocenters. The molecule has 0 fully saturated rings. The fourth-order valence-electron chi connectivity index (χ4n) is 3.82. The van der Waals surface area contributed by atoms with Crippen LogP contribution < -0.4 is 10.8 Å². The van der Waals surface area contributed by atoms with Crippen molar-refractivity contribution in [2.75, 3.05) is 0 Å². The molecule has 2 amide bonds. The van der Waals surface area contributed by atoms with E-state index in [1.165, 1.54) is 10.7 Å². The molecule has 4 rings (SSSR count). The van der Waals surface area contributed by atoms with Gasteiger partial charge in [-0.25, -0.2) is 18.9 Å². The van der Waals surface area contributed by atoms with Crippen LogP contribution in [0.2, 0.25) is 0 Å². The summed E-state index contributed by atoms with van der Waals surface area (Å²) >= 11 is 0. The van der Waals surface area contributed by atoms with Crippen LogP contribution in [0, 0.1) is 11.6 Å². The first kappa shape index (κ1) is 24.0. The summed E-state index contributed by atoms with van der Waals surface area (Å²) in [5.41, 5.74) is 3.00. The summed E-state index contributed by atoms with van der Waals surface area (Å²) in [4.78, 5) is 24.4. The fraction of sp³-hybridized carbons (Fsp3) is 0.200. The molecule has 0 bridgehead atoms. The average molecular weight is 479 g/mol. The quantitative estimate of drug-likeness (QED) is 0.263. The van der Waals surface area contributed by atoms with Gasteiger partial charge >= 0.3 is 0 Å². The topological polar surface area (TPSA) is 109 Å². The van der Waals surface area contributed by atoms with Crippen LogP contribution in [0.5, 0.6) is 0 Å². The van der Waals surface area contributed by atoms with Crippen LogP contribution in [-0.2, 0) is 11.2 Å². The maximum atomic E-state index is 13.5. The number of rotatable bonds is 8. The van der Waals surface area contributed by atoms with Crippen molar-refractivity contribution >= 4 is 22.6 Å². The molecule has 3 aromatic carbocycles. The Balaban J connectivity index is 1.52. The number of nitrogens with zero attached hydrogens (tertiary/aromatic N) is 3. The second-order valence-corrected chi connectivity index (χ2v) is 8.23. The van der Waals surface area contributed by atoms with Crippen molar-refractivity contribution in [1.82, 2.24) is 25.8 Å². The predicted molar refractivity (Wildman–Crippen MR) is 123 cm³/mol. The first-order valence-electron chi connectivity index (χ1n) is 10.9. The Kier molecular flexibility index (Phi) is 7.11. The Morgan fingerprint density at radius 3 is 2.54 bits per heavy atom. The second-order valence-electron chi connectivity index (χ2n) is 8.23. The van der Waals surface area contributed by atoms with Gasteiger partial charge in [-0.2, -0.15) is 0 Å². The van der Waals surface area contributed by atoms with Crippen LogP contribution in [-0.4, -0.2) is 32.0 Å². The van der Waals surface area contributed by atoms with Gasteiger partial charge in [0.1, 0.15) is 5.69 Å². The molecular weight excluding hydrogens is 456 g/mol. The van der Waals surface area contributed by atoms with Gasteiger partial charge < -0.3 is 5.32 Å². The third kappa shape index (κ3) is 5.67. The van der Waals surface area contributed by atoms with Crippen LogP contribution in [0.25, 0.3) is 10.8 Å². The molecule has 180 valence electrons. The monoisotopic (exact) mass is 479 g/mol. The maximum absolute atomic E-state index is 13.5. The lowest BCUT2D eigenvalue weighted by Crippen LogP contribution is -2.27. The number of hydrogen-bond donors (Lipinski definition) is 3. The SMILES string of the molecule is CC(NC(=O)c1ccc(F)c(F)c1)c1cn(C(CC(=O)NO)Cc2ccc3ccccc3c2)nn1. The van der Waals surface area contributed by atoms with Gasteiger partial charge in [-0.05, 0) is 47.9 Å². The standard InChI is InChI=1S/C25H23F2N5O3/c1-15(28-25(34)19-8-9-21(26)22(27)12-19)23-14-32(31-29-23)20(13-24(33)30-35)11-16-6-7-17-4-2-3-5-18(17)10-16/h2-10,12,14-15,20,35H,11,13H2,1H3,(H,28,34)(H,30,33). The number of carbonyl (C=O) groups excluding carboxylic acids is 2. The number of fused-ring (bicyclic) bond motifs is 1. The van der Waals surface area contributed by atoms with E-state index in [4.69, 9.17) is 5.21 Å². The van der Waals surface area contributed by atoms with Crippen molar-refractivity contribution in [2.24, 2.45) is 0 Å². The van der Waals surface area contributed by atoms with E-state index in [1.54, 1.807) is 18.6 Å². The molecule has 0 aliphatic heterocycles. The van der Waals surface area contributed by atoms with E-state index in [-0.39, 0.29) is 12.0 Å². The van der Waals surface area contributed by atoms with Gasteiger partial charge in [0.05, 0.1) is 24.7 Å². The number of amides is 2. The lowest BCUT2D eigenvalue weighted by atomic mass is 10.00. The zero-order valence-corrected chi connectivity index (χ0v) is 18.8.